The van der Waals surface area contributed by atoms with Gasteiger partial charge in [-0.15, -0.1) is 12.4 Å². The number of nitrogens with zero attached hydrogens (tertiary/aromatic N) is 2. The van der Waals surface area contributed by atoms with Gasteiger partial charge in [0.15, 0.2) is 0 Å². The zero-order valence-electron chi connectivity index (χ0n) is 12.3. The lowest BCUT2D eigenvalue weighted by atomic mass is 10.1. The molecule has 1 amide bonds. The zero-order valence-corrected chi connectivity index (χ0v) is 13.9. The quantitative estimate of drug-likeness (QED) is 0.921. The molecule has 0 saturated carbocycles. The van der Waals surface area contributed by atoms with Gasteiger partial charge in [0.1, 0.15) is 0 Å². The molecule has 1 heterocycles. The van der Waals surface area contributed by atoms with Gasteiger partial charge in [-0.05, 0) is 18.6 Å². The van der Waals surface area contributed by atoms with Crippen molar-refractivity contribution in [2.45, 2.75) is 19.4 Å². The second kappa shape index (κ2) is 8.59. The number of halogens is 2. The van der Waals surface area contributed by atoms with Crippen LogP contribution in [0, 0.1) is 0 Å². The maximum absolute atomic E-state index is 11.8. The minimum atomic E-state index is 0. The van der Waals surface area contributed by atoms with Gasteiger partial charge in [0, 0.05) is 50.2 Å². The van der Waals surface area contributed by atoms with Crippen molar-refractivity contribution in [3.8, 4) is 0 Å². The molecule has 1 atom stereocenters. The Bertz CT molecular complexity index is 462. The smallest absolute Gasteiger partial charge is 0.223 e. The number of amides is 1. The Morgan fingerprint density at radius 1 is 1.29 bits per heavy atom. The molecular formula is C15H23Cl2N3O. The van der Waals surface area contributed by atoms with Crippen LogP contribution in [0.15, 0.2) is 24.3 Å². The number of hydrogen-bond acceptors (Lipinski definition) is 3. The van der Waals surface area contributed by atoms with E-state index in [1.807, 2.05) is 23.1 Å². The molecule has 0 aromatic heterocycles. The normalized spacial score (nSPS) is 17.2. The molecule has 2 rings (SSSR count). The molecule has 1 fully saturated rings. The summed E-state index contributed by atoms with van der Waals surface area (Å²) >= 11 is 6.25. The molecule has 0 radical (unpaired) electrons. The van der Waals surface area contributed by atoms with E-state index in [0.29, 0.717) is 13.0 Å². The third-order valence-electron chi connectivity index (χ3n) is 3.93. The van der Waals surface area contributed by atoms with E-state index < -0.39 is 0 Å². The summed E-state index contributed by atoms with van der Waals surface area (Å²) in [5.41, 5.74) is 6.58. The molecule has 0 bridgehead atoms. The summed E-state index contributed by atoms with van der Waals surface area (Å²) < 4.78 is 0. The van der Waals surface area contributed by atoms with Gasteiger partial charge >= 0.3 is 0 Å². The van der Waals surface area contributed by atoms with Gasteiger partial charge in [0.2, 0.25) is 5.91 Å². The first-order valence-electron chi connectivity index (χ1n) is 7.10. The molecule has 1 aromatic rings. The van der Waals surface area contributed by atoms with E-state index in [-0.39, 0.29) is 24.4 Å². The fourth-order valence-electron chi connectivity index (χ4n) is 2.65. The van der Waals surface area contributed by atoms with Crippen LogP contribution in [0.4, 0.5) is 0 Å². The first-order chi connectivity index (χ1) is 9.63. The van der Waals surface area contributed by atoms with E-state index >= 15 is 0 Å². The predicted molar refractivity (Wildman–Crippen MR) is 88.9 cm³/mol. The van der Waals surface area contributed by atoms with Crippen LogP contribution in [0.3, 0.4) is 0 Å². The SMILES string of the molecule is CC(c1ccccc1Cl)N1CCN(C(=O)CCN)CC1.Cl. The second-order valence-electron chi connectivity index (χ2n) is 5.15. The highest BCUT2D eigenvalue weighted by Crippen LogP contribution is 2.27. The van der Waals surface area contributed by atoms with Crippen LogP contribution in [0.5, 0.6) is 0 Å². The molecule has 1 unspecified atom stereocenters. The first-order valence-corrected chi connectivity index (χ1v) is 7.47. The molecule has 1 saturated heterocycles. The molecule has 1 aliphatic heterocycles. The van der Waals surface area contributed by atoms with E-state index in [1.165, 1.54) is 0 Å². The summed E-state index contributed by atoms with van der Waals surface area (Å²) in [5, 5.41) is 0.807. The Balaban J connectivity index is 0.00000220. The highest BCUT2D eigenvalue weighted by molar-refractivity contribution is 6.31. The van der Waals surface area contributed by atoms with Crippen LogP contribution in [-0.4, -0.2) is 48.4 Å². The standard InChI is InChI=1S/C15H22ClN3O.ClH/c1-12(13-4-2-3-5-14(13)16)18-8-10-19(11-9-18)15(20)6-7-17;/h2-5,12H,6-11,17H2,1H3;1H. The molecule has 21 heavy (non-hydrogen) atoms. The molecule has 118 valence electrons. The third kappa shape index (κ3) is 4.58. The Labute approximate surface area is 137 Å². The zero-order chi connectivity index (χ0) is 14.5. The molecule has 0 aliphatic carbocycles. The maximum atomic E-state index is 11.8. The topological polar surface area (TPSA) is 49.6 Å². The van der Waals surface area contributed by atoms with Gasteiger partial charge in [-0.3, -0.25) is 9.69 Å². The van der Waals surface area contributed by atoms with Crippen molar-refractivity contribution < 1.29 is 4.79 Å². The average Bonchev–Trinajstić information content (AvgIpc) is 2.47. The lowest BCUT2D eigenvalue weighted by Gasteiger charge is -2.38. The van der Waals surface area contributed by atoms with Crippen LogP contribution >= 0.6 is 24.0 Å². The van der Waals surface area contributed by atoms with Gasteiger partial charge in [-0.1, -0.05) is 29.8 Å². The number of hydrogen-bond donors (Lipinski definition) is 1. The lowest BCUT2D eigenvalue weighted by molar-refractivity contribution is -0.133. The van der Waals surface area contributed by atoms with Crippen LogP contribution in [-0.2, 0) is 4.79 Å². The van der Waals surface area contributed by atoms with Crippen molar-refractivity contribution in [2.24, 2.45) is 5.73 Å². The van der Waals surface area contributed by atoms with E-state index in [0.717, 1.165) is 36.8 Å². The van der Waals surface area contributed by atoms with Crippen molar-refractivity contribution in [3.63, 3.8) is 0 Å². The molecular weight excluding hydrogens is 309 g/mol. The summed E-state index contributed by atoms with van der Waals surface area (Å²) in [7, 11) is 0. The Kier molecular flexibility index (Phi) is 7.46. The van der Waals surface area contributed by atoms with Gasteiger partial charge in [-0.25, -0.2) is 0 Å². The van der Waals surface area contributed by atoms with E-state index in [1.54, 1.807) is 0 Å². The third-order valence-corrected chi connectivity index (χ3v) is 4.27. The average molecular weight is 332 g/mol. The maximum Gasteiger partial charge on any atom is 0.223 e. The van der Waals surface area contributed by atoms with Gasteiger partial charge in [0.25, 0.3) is 0 Å². The minimum absolute atomic E-state index is 0. The summed E-state index contributed by atoms with van der Waals surface area (Å²) in [4.78, 5) is 16.1. The fraction of sp³-hybridized carbons (Fsp3) is 0.533. The Morgan fingerprint density at radius 2 is 1.90 bits per heavy atom. The molecule has 6 heteroatoms. The summed E-state index contributed by atoms with van der Waals surface area (Å²) in [6.45, 7) is 5.89. The van der Waals surface area contributed by atoms with Crippen LogP contribution in [0.25, 0.3) is 0 Å². The van der Waals surface area contributed by atoms with Crippen molar-refractivity contribution in [3.05, 3.63) is 34.9 Å². The first kappa shape index (κ1) is 18.2. The number of benzene rings is 1. The molecule has 0 spiro atoms. The van der Waals surface area contributed by atoms with E-state index in [2.05, 4.69) is 17.9 Å². The van der Waals surface area contributed by atoms with Crippen molar-refractivity contribution in [1.82, 2.24) is 9.80 Å². The molecule has 1 aromatic carbocycles. The summed E-state index contributed by atoms with van der Waals surface area (Å²) in [6.07, 6.45) is 0.445. The van der Waals surface area contributed by atoms with Crippen LogP contribution in [0.1, 0.15) is 24.9 Å². The van der Waals surface area contributed by atoms with E-state index in [9.17, 15) is 4.79 Å². The largest absolute Gasteiger partial charge is 0.340 e. The molecule has 2 N–H and O–H groups in total. The highest BCUT2D eigenvalue weighted by Gasteiger charge is 2.25. The minimum Gasteiger partial charge on any atom is -0.340 e. The van der Waals surface area contributed by atoms with Gasteiger partial charge < -0.3 is 10.6 Å². The van der Waals surface area contributed by atoms with Gasteiger partial charge in [0.05, 0.1) is 0 Å². The van der Waals surface area contributed by atoms with Crippen molar-refractivity contribution in [2.75, 3.05) is 32.7 Å². The van der Waals surface area contributed by atoms with E-state index in [4.69, 9.17) is 17.3 Å². The second-order valence-corrected chi connectivity index (χ2v) is 5.56. The van der Waals surface area contributed by atoms with Crippen molar-refractivity contribution >= 4 is 29.9 Å². The number of carbonyl (C=O) groups excluding carboxylic acids is 1. The number of nitrogens with two attached hydrogens (primary N) is 1. The number of carbonyl (C=O) groups is 1. The monoisotopic (exact) mass is 331 g/mol. The predicted octanol–water partition coefficient (Wildman–Crippen LogP) is 2.32. The number of rotatable bonds is 4. The Morgan fingerprint density at radius 3 is 2.48 bits per heavy atom. The fourth-order valence-corrected chi connectivity index (χ4v) is 2.94. The van der Waals surface area contributed by atoms with Crippen LogP contribution in [0.2, 0.25) is 5.02 Å². The van der Waals surface area contributed by atoms with Gasteiger partial charge in [-0.2, -0.15) is 0 Å². The highest BCUT2D eigenvalue weighted by atomic mass is 35.5. The molecule has 4 nitrogen and oxygen atoms in total. The Hall–Kier alpha value is -0.810. The summed E-state index contributed by atoms with van der Waals surface area (Å²) in [6, 6.07) is 8.23. The number of piperazine rings is 1. The molecule has 1 aliphatic rings. The van der Waals surface area contributed by atoms with Crippen LogP contribution < -0.4 is 5.73 Å². The van der Waals surface area contributed by atoms with Crippen molar-refractivity contribution in [1.29, 1.82) is 0 Å². The summed E-state index contributed by atoms with van der Waals surface area (Å²) in [5.74, 6) is 0.164. The lowest BCUT2D eigenvalue weighted by Crippen LogP contribution is -2.49.